The minimum atomic E-state index is -4.55. The van der Waals surface area contributed by atoms with Crippen LogP contribution in [0.15, 0.2) is 36.7 Å². The zero-order valence-corrected chi connectivity index (χ0v) is 14.3. The van der Waals surface area contributed by atoms with Crippen molar-refractivity contribution in [1.29, 1.82) is 0 Å². The quantitative estimate of drug-likeness (QED) is 0.895. The molecule has 0 spiro atoms. The summed E-state index contributed by atoms with van der Waals surface area (Å²) in [6, 6.07) is 4.84. The number of aromatic nitrogens is 2. The lowest BCUT2D eigenvalue weighted by Crippen LogP contribution is -2.34. The van der Waals surface area contributed by atoms with E-state index in [9.17, 15) is 18.0 Å². The van der Waals surface area contributed by atoms with E-state index in [1.807, 2.05) is 4.90 Å². The zero-order chi connectivity index (χ0) is 18.7. The molecule has 0 aliphatic carbocycles. The molecular weight excluding hydrogens is 345 g/mol. The van der Waals surface area contributed by atoms with Crippen molar-refractivity contribution >= 4 is 17.5 Å². The molecule has 0 unspecified atom stereocenters. The van der Waals surface area contributed by atoms with Crippen LogP contribution in [-0.4, -0.2) is 29.0 Å². The Morgan fingerprint density at radius 2 is 1.77 bits per heavy atom. The number of carbonyl (C=O) groups is 1. The SMILES string of the molecule is CC1CCN(c2ncc(C(=O)Nc3ccccc3C(F)(F)F)cn2)CC1. The number of nitrogens with one attached hydrogen (secondary N) is 1. The van der Waals surface area contributed by atoms with Crippen molar-refractivity contribution in [2.75, 3.05) is 23.3 Å². The van der Waals surface area contributed by atoms with Gasteiger partial charge in [-0.25, -0.2) is 9.97 Å². The maximum atomic E-state index is 13.0. The van der Waals surface area contributed by atoms with E-state index < -0.39 is 17.6 Å². The van der Waals surface area contributed by atoms with Crippen molar-refractivity contribution in [2.45, 2.75) is 25.9 Å². The number of hydrogen-bond donors (Lipinski definition) is 1. The summed E-state index contributed by atoms with van der Waals surface area (Å²) in [5.41, 5.74) is -1.08. The summed E-state index contributed by atoms with van der Waals surface area (Å²) >= 11 is 0. The van der Waals surface area contributed by atoms with Gasteiger partial charge in [0.25, 0.3) is 5.91 Å². The second kappa shape index (κ2) is 7.31. The highest BCUT2D eigenvalue weighted by molar-refractivity contribution is 6.04. The highest BCUT2D eigenvalue weighted by atomic mass is 19.4. The average Bonchev–Trinajstić information content (AvgIpc) is 2.62. The molecule has 8 heteroatoms. The summed E-state index contributed by atoms with van der Waals surface area (Å²) in [6.45, 7) is 3.90. The Labute approximate surface area is 149 Å². The van der Waals surface area contributed by atoms with E-state index in [4.69, 9.17) is 0 Å². The summed E-state index contributed by atoms with van der Waals surface area (Å²) in [5, 5.41) is 2.29. The number of carbonyl (C=O) groups excluding carboxylic acids is 1. The number of nitrogens with zero attached hydrogens (tertiary/aromatic N) is 3. The fourth-order valence-electron chi connectivity index (χ4n) is 2.84. The third-order valence-corrected chi connectivity index (χ3v) is 4.45. The van der Waals surface area contributed by atoms with Crippen molar-refractivity contribution in [3.05, 3.63) is 47.8 Å². The van der Waals surface area contributed by atoms with Gasteiger partial charge in [-0.3, -0.25) is 4.79 Å². The molecule has 1 N–H and O–H groups in total. The van der Waals surface area contributed by atoms with Gasteiger partial charge in [-0.05, 0) is 30.9 Å². The first kappa shape index (κ1) is 18.2. The smallest absolute Gasteiger partial charge is 0.341 e. The number of hydrogen-bond acceptors (Lipinski definition) is 4. The van der Waals surface area contributed by atoms with E-state index in [-0.39, 0.29) is 11.3 Å². The normalized spacial score (nSPS) is 15.8. The van der Waals surface area contributed by atoms with Crippen LogP contribution in [0.25, 0.3) is 0 Å². The number of halogens is 3. The Balaban J connectivity index is 1.71. The van der Waals surface area contributed by atoms with E-state index in [0.717, 1.165) is 32.0 Å². The van der Waals surface area contributed by atoms with Crippen molar-refractivity contribution in [1.82, 2.24) is 9.97 Å². The molecule has 26 heavy (non-hydrogen) atoms. The lowest BCUT2D eigenvalue weighted by Gasteiger charge is -2.30. The first-order valence-corrected chi connectivity index (χ1v) is 8.39. The number of benzene rings is 1. The lowest BCUT2D eigenvalue weighted by molar-refractivity contribution is -0.136. The van der Waals surface area contributed by atoms with Gasteiger partial charge in [0.1, 0.15) is 0 Å². The van der Waals surface area contributed by atoms with Gasteiger partial charge in [0.15, 0.2) is 0 Å². The van der Waals surface area contributed by atoms with Crippen LogP contribution >= 0.6 is 0 Å². The summed E-state index contributed by atoms with van der Waals surface area (Å²) in [7, 11) is 0. The maximum Gasteiger partial charge on any atom is 0.418 e. The van der Waals surface area contributed by atoms with Crippen LogP contribution in [0.2, 0.25) is 0 Å². The predicted octanol–water partition coefficient (Wildman–Crippen LogP) is 3.98. The average molecular weight is 364 g/mol. The first-order chi connectivity index (χ1) is 12.3. The molecule has 1 aromatic carbocycles. The van der Waals surface area contributed by atoms with Gasteiger partial charge in [0, 0.05) is 25.5 Å². The van der Waals surface area contributed by atoms with E-state index in [0.29, 0.717) is 11.9 Å². The second-order valence-corrected chi connectivity index (χ2v) is 6.44. The van der Waals surface area contributed by atoms with E-state index in [2.05, 4.69) is 22.2 Å². The standard InChI is InChI=1S/C18H19F3N4O/c1-12-6-8-25(9-7-12)17-22-10-13(11-23-17)16(26)24-15-5-3-2-4-14(15)18(19,20)21/h2-5,10-12H,6-9H2,1H3,(H,24,26). The van der Waals surface area contributed by atoms with Gasteiger partial charge in [0.2, 0.25) is 5.95 Å². The van der Waals surface area contributed by atoms with Crippen LogP contribution in [-0.2, 0) is 6.18 Å². The van der Waals surface area contributed by atoms with E-state index in [1.165, 1.54) is 30.6 Å². The molecule has 2 aromatic rings. The Hall–Kier alpha value is -2.64. The van der Waals surface area contributed by atoms with Gasteiger partial charge >= 0.3 is 6.18 Å². The molecule has 0 atom stereocenters. The lowest BCUT2D eigenvalue weighted by atomic mass is 10.00. The molecule has 0 saturated carbocycles. The second-order valence-electron chi connectivity index (χ2n) is 6.44. The van der Waals surface area contributed by atoms with Gasteiger partial charge in [-0.1, -0.05) is 19.1 Å². The van der Waals surface area contributed by atoms with Gasteiger partial charge < -0.3 is 10.2 Å². The van der Waals surface area contributed by atoms with Crippen molar-refractivity contribution in [2.24, 2.45) is 5.92 Å². The third kappa shape index (κ3) is 4.12. The van der Waals surface area contributed by atoms with Crippen LogP contribution in [0.4, 0.5) is 24.8 Å². The molecule has 0 radical (unpaired) electrons. The summed E-state index contributed by atoms with van der Waals surface area (Å²) in [5.74, 6) is 0.523. The number of para-hydroxylation sites is 1. The largest absolute Gasteiger partial charge is 0.418 e. The topological polar surface area (TPSA) is 58.1 Å². The van der Waals surface area contributed by atoms with Gasteiger partial charge in [0.05, 0.1) is 16.8 Å². The number of alkyl halides is 3. The minimum Gasteiger partial charge on any atom is -0.341 e. The first-order valence-electron chi connectivity index (χ1n) is 8.39. The van der Waals surface area contributed by atoms with Gasteiger partial charge in [-0.2, -0.15) is 13.2 Å². The van der Waals surface area contributed by atoms with Crippen molar-refractivity contribution < 1.29 is 18.0 Å². The molecule has 1 fully saturated rings. The molecule has 1 amide bonds. The van der Waals surface area contributed by atoms with Crippen LogP contribution < -0.4 is 10.2 Å². The minimum absolute atomic E-state index is 0.108. The van der Waals surface area contributed by atoms with E-state index >= 15 is 0 Å². The maximum absolute atomic E-state index is 13.0. The predicted molar refractivity (Wildman–Crippen MR) is 92.0 cm³/mol. The van der Waals surface area contributed by atoms with Crippen molar-refractivity contribution in [3.63, 3.8) is 0 Å². The monoisotopic (exact) mass is 364 g/mol. The van der Waals surface area contributed by atoms with Crippen LogP contribution in [0.1, 0.15) is 35.7 Å². The number of piperidine rings is 1. The summed E-state index contributed by atoms with van der Waals surface area (Å²) in [6.07, 6.45) is 0.243. The molecular formula is C18H19F3N4O. The fourth-order valence-corrected chi connectivity index (χ4v) is 2.84. The molecule has 1 aliphatic rings. The molecule has 0 bridgehead atoms. The van der Waals surface area contributed by atoms with E-state index in [1.54, 1.807) is 0 Å². The molecule has 2 heterocycles. The van der Waals surface area contributed by atoms with Crippen LogP contribution in [0.5, 0.6) is 0 Å². The summed E-state index contributed by atoms with van der Waals surface area (Å²) < 4.78 is 39.0. The summed E-state index contributed by atoms with van der Waals surface area (Å²) in [4.78, 5) is 22.7. The highest BCUT2D eigenvalue weighted by Gasteiger charge is 2.33. The van der Waals surface area contributed by atoms with Crippen molar-refractivity contribution in [3.8, 4) is 0 Å². The molecule has 5 nitrogen and oxygen atoms in total. The van der Waals surface area contributed by atoms with Gasteiger partial charge in [-0.15, -0.1) is 0 Å². The van der Waals surface area contributed by atoms with Crippen LogP contribution in [0.3, 0.4) is 0 Å². The Kier molecular flexibility index (Phi) is 5.11. The number of anilines is 2. The molecule has 3 rings (SSSR count). The molecule has 1 aromatic heterocycles. The Morgan fingerprint density at radius 3 is 2.38 bits per heavy atom. The highest BCUT2D eigenvalue weighted by Crippen LogP contribution is 2.34. The van der Waals surface area contributed by atoms with Crippen LogP contribution in [0, 0.1) is 5.92 Å². The zero-order valence-electron chi connectivity index (χ0n) is 14.3. The molecule has 138 valence electrons. The molecule has 1 saturated heterocycles. The molecule has 1 aliphatic heterocycles. The Bertz CT molecular complexity index is 769. The third-order valence-electron chi connectivity index (χ3n) is 4.45. The Morgan fingerprint density at radius 1 is 1.15 bits per heavy atom. The number of amides is 1. The fraction of sp³-hybridized carbons (Fsp3) is 0.389. The number of rotatable bonds is 3.